The van der Waals surface area contributed by atoms with Crippen molar-refractivity contribution in [3.63, 3.8) is 0 Å². The third kappa shape index (κ3) is 3.49. The van der Waals surface area contributed by atoms with Crippen LogP contribution in [0.2, 0.25) is 0 Å². The van der Waals surface area contributed by atoms with Gasteiger partial charge in [0.25, 0.3) is 0 Å². The summed E-state index contributed by atoms with van der Waals surface area (Å²) >= 11 is 1.32. The number of hydrogen-bond donors (Lipinski definition) is 1. The highest BCUT2D eigenvalue weighted by Gasteiger charge is 2.13. The number of halogens is 1. The molecular formula is C18H16FN3OS. The quantitative estimate of drug-likeness (QED) is 0.542. The van der Waals surface area contributed by atoms with Gasteiger partial charge in [0.2, 0.25) is 5.91 Å². The molecule has 1 amide bonds. The molecule has 1 N–H and O–H groups in total. The number of para-hydroxylation sites is 3. The first-order valence-electron chi connectivity index (χ1n) is 7.42. The molecule has 3 rings (SSSR count). The van der Waals surface area contributed by atoms with Crippen LogP contribution in [0.1, 0.15) is 0 Å². The summed E-state index contributed by atoms with van der Waals surface area (Å²) in [6.07, 6.45) is 1.79. The van der Waals surface area contributed by atoms with E-state index in [0.717, 1.165) is 16.2 Å². The first-order chi connectivity index (χ1) is 11.7. The number of allylic oxidation sites excluding steroid dienone is 1. The maximum Gasteiger partial charge on any atom is 0.234 e. The molecule has 24 heavy (non-hydrogen) atoms. The second kappa shape index (κ2) is 7.31. The Morgan fingerprint density at radius 3 is 2.79 bits per heavy atom. The van der Waals surface area contributed by atoms with Crippen LogP contribution in [0.4, 0.5) is 10.1 Å². The van der Waals surface area contributed by atoms with Crippen LogP contribution in [0, 0.1) is 5.82 Å². The average Bonchev–Trinajstić information content (AvgIpc) is 2.93. The second-order valence-corrected chi connectivity index (χ2v) is 6.04. The maximum absolute atomic E-state index is 13.6. The molecule has 0 radical (unpaired) electrons. The minimum absolute atomic E-state index is 0.148. The number of benzene rings is 2. The molecule has 0 saturated heterocycles. The van der Waals surface area contributed by atoms with Gasteiger partial charge in [-0.1, -0.05) is 42.1 Å². The third-order valence-corrected chi connectivity index (χ3v) is 4.39. The topological polar surface area (TPSA) is 46.9 Å². The van der Waals surface area contributed by atoms with Crippen molar-refractivity contribution in [2.75, 3.05) is 11.1 Å². The van der Waals surface area contributed by atoms with E-state index in [2.05, 4.69) is 16.9 Å². The van der Waals surface area contributed by atoms with Gasteiger partial charge in [-0.2, -0.15) is 0 Å². The Hall–Kier alpha value is -2.60. The van der Waals surface area contributed by atoms with Crippen molar-refractivity contribution < 1.29 is 9.18 Å². The number of nitrogens with zero attached hydrogens (tertiary/aromatic N) is 2. The minimum Gasteiger partial charge on any atom is -0.323 e. The van der Waals surface area contributed by atoms with Crippen LogP contribution in [-0.4, -0.2) is 21.2 Å². The number of carbonyl (C=O) groups is 1. The van der Waals surface area contributed by atoms with Crippen molar-refractivity contribution in [1.29, 1.82) is 0 Å². The monoisotopic (exact) mass is 341 g/mol. The van der Waals surface area contributed by atoms with Crippen LogP contribution in [-0.2, 0) is 11.3 Å². The molecule has 0 aliphatic carbocycles. The highest BCUT2D eigenvalue weighted by atomic mass is 32.2. The summed E-state index contributed by atoms with van der Waals surface area (Å²) in [6, 6.07) is 13.9. The summed E-state index contributed by atoms with van der Waals surface area (Å²) in [5.41, 5.74) is 2.05. The lowest BCUT2D eigenvalue weighted by molar-refractivity contribution is -0.113. The molecule has 0 fully saturated rings. The number of rotatable bonds is 6. The number of anilines is 1. The summed E-state index contributed by atoms with van der Waals surface area (Å²) in [4.78, 5) is 16.6. The van der Waals surface area contributed by atoms with E-state index in [1.807, 2.05) is 28.8 Å². The standard InChI is InChI=1S/C18H16FN3OS/c1-2-11-22-16-10-6-5-9-15(16)21-18(22)24-12-17(23)20-14-8-4-3-7-13(14)19/h2-10H,1,11-12H2,(H,20,23). The van der Waals surface area contributed by atoms with Crippen LogP contribution in [0.3, 0.4) is 0 Å². The van der Waals surface area contributed by atoms with Crippen LogP contribution >= 0.6 is 11.8 Å². The highest BCUT2D eigenvalue weighted by Crippen LogP contribution is 2.24. The molecule has 122 valence electrons. The zero-order valence-corrected chi connectivity index (χ0v) is 13.7. The molecule has 0 spiro atoms. The van der Waals surface area contributed by atoms with Crippen molar-refractivity contribution in [2.24, 2.45) is 0 Å². The molecule has 0 aliphatic heterocycles. The fraction of sp³-hybridized carbons (Fsp3) is 0.111. The molecule has 1 aromatic heterocycles. The van der Waals surface area contributed by atoms with Gasteiger partial charge in [-0.25, -0.2) is 9.37 Å². The fourth-order valence-electron chi connectivity index (χ4n) is 2.35. The van der Waals surface area contributed by atoms with Gasteiger partial charge >= 0.3 is 0 Å². The van der Waals surface area contributed by atoms with Crippen LogP contribution in [0.5, 0.6) is 0 Å². The number of hydrogen-bond acceptors (Lipinski definition) is 3. The zero-order valence-electron chi connectivity index (χ0n) is 12.9. The van der Waals surface area contributed by atoms with Gasteiger partial charge in [-0.15, -0.1) is 6.58 Å². The molecule has 0 bridgehead atoms. The Labute approximate surface area is 143 Å². The number of fused-ring (bicyclic) bond motifs is 1. The first kappa shape index (κ1) is 16.3. The van der Waals surface area contributed by atoms with Crippen LogP contribution in [0.25, 0.3) is 11.0 Å². The van der Waals surface area contributed by atoms with Gasteiger partial charge in [0.15, 0.2) is 5.16 Å². The SMILES string of the molecule is C=CCn1c(SCC(=O)Nc2ccccc2F)nc2ccccc21. The lowest BCUT2D eigenvalue weighted by atomic mass is 10.3. The van der Waals surface area contributed by atoms with Crippen molar-refractivity contribution >= 4 is 34.4 Å². The summed E-state index contributed by atoms with van der Waals surface area (Å²) < 4.78 is 15.6. The Balaban J connectivity index is 1.73. The number of amides is 1. The Bertz CT molecular complexity index is 891. The molecule has 6 heteroatoms. The first-order valence-corrected chi connectivity index (χ1v) is 8.41. The molecule has 3 aromatic rings. The second-order valence-electron chi connectivity index (χ2n) is 5.10. The molecular weight excluding hydrogens is 325 g/mol. The molecule has 2 aromatic carbocycles. The smallest absolute Gasteiger partial charge is 0.234 e. The number of thioether (sulfide) groups is 1. The number of aromatic nitrogens is 2. The van der Waals surface area contributed by atoms with E-state index in [-0.39, 0.29) is 17.3 Å². The van der Waals surface area contributed by atoms with Gasteiger partial charge in [0, 0.05) is 6.54 Å². The van der Waals surface area contributed by atoms with Gasteiger partial charge < -0.3 is 9.88 Å². The highest BCUT2D eigenvalue weighted by molar-refractivity contribution is 7.99. The molecule has 0 unspecified atom stereocenters. The van der Waals surface area contributed by atoms with Crippen molar-refractivity contribution in [3.05, 3.63) is 67.0 Å². The van der Waals surface area contributed by atoms with Crippen molar-refractivity contribution in [2.45, 2.75) is 11.7 Å². The van der Waals surface area contributed by atoms with Crippen LogP contribution in [0.15, 0.2) is 66.3 Å². The number of nitrogens with one attached hydrogen (secondary N) is 1. The van der Waals surface area contributed by atoms with E-state index in [0.29, 0.717) is 6.54 Å². The number of carbonyl (C=O) groups excluding carboxylic acids is 1. The predicted molar refractivity (Wildman–Crippen MR) is 95.7 cm³/mol. The summed E-state index contributed by atoms with van der Waals surface area (Å²) in [5, 5.41) is 3.31. The van der Waals surface area contributed by atoms with E-state index in [9.17, 15) is 9.18 Å². The number of imidazole rings is 1. The average molecular weight is 341 g/mol. The summed E-state index contributed by atoms with van der Waals surface area (Å²) in [6.45, 7) is 4.37. The van der Waals surface area contributed by atoms with Crippen molar-refractivity contribution in [1.82, 2.24) is 9.55 Å². The van der Waals surface area contributed by atoms with Gasteiger partial charge in [-0.05, 0) is 24.3 Å². The summed E-state index contributed by atoms with van der Waals surface area (Å²) in [5.74, 6) is -0.577. The fourth-order valence-corrected chi connectivity index (χ4v) is 3.17. The lowest BCUT2D eigenvalue weighted by Gasteiger charge is -2.07. The molecule has 1 heterocycles. The minimum atomic E-state index is -0.449. The van der Waals surface area contributed by atoms with E-state index in [1.54, 1.807) is 18.2 Å². The van der Waals surface area contributed by atoms with Gasteiger partial charge in [0.05, 0.1) is 22.5 Å². The third-order valence-electron chi connectivity index (χ3n) is 3.41. The predicted octanol–water partition coefficient (Wildman–Crippen LogP) is 4.09. The Kier molecular flexibility index (Phi) is 4.96. The molecule has 0 saturated carbocycles. The molecule has 0 atom stereocenters. The summed E-state index contributed by atoms with van der Waals surface area (Å²) in [7, 11) is 0. The maximum atomic E-state index is 13.6. The molecule has 0 aliphatic rings. The lowest BCUT2D eigenvalue weighted by Crippen LogP contribution is -2.15. The normalized spacial score (nSPS) is 10.7. The van der Waals surface area contributed by atoms with E-state index < -0.39 is 5.82 Å². The van der Waals surface area contributed by atoms with Crippen molar-refractivity contribution in [3.8, 4) is 0 Å². The van der Waals surface area contributed by atoms with Gasteiger partial charge in [0.1, 0.15) is 5.82 Å². The van der Waals surface area contributed by atoms with Crippen LogP contribution < -0.4 is 5.32 Å². The van der Waals surface area contributed by atoms with E-state index >= 15 is 0 Å². The largest absolute Gasteiger partial charge is 0.323 e. The van der Waals surface area contributed by atoms with E-state index in [1.165, 1.54) is 23.9 Å². The Morgan fingerprint density at radius 1 is 1.25 bits per heavy atom. The van der Waals surface area contributed by atoms with Gasteiger partial charge in [-0.3, -0.25) is 4.79 Å². The zero-order chi connectivity index (χ0) is 16.9. The Morgan fingerprint density at radius 2 is 2.00 bits per heavy atom. The molecule has 4 nitrogen and oxygen atoms in total. The van der Waals surface area contributed by atoms with E-state index in [4.69, 9.17) is 0 Å².